The zero-order chi connectivity index (χ0) is 13.7. The number of benzene rings is 1. The van der Waals surface area contributed by atoms with Gasteiger partial charge in [0.05, 0.1) is 0 Å². The molecule has 1 amide bonds. The second kappa shape index (κ2) is 6.63. The normalized spacial score (nSPS) is 12.1. The summed E-state index contributed by atoms with van der Waals surface area (Å²) in [5.41, 5.74) is 11.6. The Bertz CT molecular complexity index is 468. The zero-order valence-corrected chi connectivity index (χ0v) is 11.0. The van der Waals surface area contributed by atoms with E-state index in [0.717, 1.165) is 5.56 Å². The number of nitrogens with two attached hydrogens (primary N) is 2. The first-order chi connectivity index (χ1) is 8.41. The molecule has 1 atom stereocenters. The first-order valence-electron chi connectivity index (χ1n) is 5.06. The van der Waals surface area contributed by atoms with Gasteiger partial charge in [-0.3, -0.25) is 9.59 Å². The molecule has 0 heterocycles. The highest BCUT2D eigenvalue weighted by Crippen LogP contribution is 2.22. The van der Waals surface area contributed by atoms with Crippen LogP contribution in [0.3, 0.4) is 0 Å². The van der Waals surface area contributed by atoms with E-state index in [2.05, 4.69) is 0 Å². The molecule has 1 aromatic rings. The van der Waals surface area contributed by atoms with Crippen LogP contribution in [0, 0.1) is 0 Å². The number of primary amides is 1. The van der Waals surface area contributed by atoms with E-state index in [-0.39, 0.29) is 0 Å². The minimum atomic E-state index is -1.03. The van der Waals surface area contributed by atoms with Crippen LogP contribution in [-0.4, -0.2) is 28.8 Å². The van der Waals surface area contributed by atoms with E-state index in [1.807, 2.05) is 0 Å². The van der Waals surface area contributed by atoms with Crippen molar-refractivity contribution in [3.05, 3.63) is 34.3 Å². The predicted octanol–water partition coefficient (Wildman–Crippen LogP) is 1.08. The molecule has 0 spiro atoms. The van der Waals surface area contributed by atoms with E-state index in [4.69, 9.17) is 28.2 Å². The van der Waals surface area contributed by atoms with Gasteiger partial charge in [-0.25, -0.2) is 0 Å². The third-order valence-corrected chi connectivity index (χ3v) is 3.67. The average molecular weight is 289 g/mol. The Morgan fingerprint density at radius 2 is 2.11 bits per heavy atom. The van der Waals surface area contributed by atoms with Crippen molar-refractivity contribution < 1.29 is 14.7 Å². The van der Waals surface area contributed by atoms with Crippen LogP contribution in [0.2, 0.25) is 5.02 Å². The van der Waals surface area contributed by atoms with E-state index in [9.17, 15) is 9.59 Å². The van der Waals surface area contributed by atoms with Crippen molar-refractivity contribution in [2.24, 2.45) is 11.5 Å². The van der Waals surface area contributed by atoms with Crippen LogP contribution in [0.5, 0.6) is 0 Å². The smallest absolute Gasteiger partial charge is 0.321 e. The third-order valence-electron chi connectivity index (χ3n) is 2.21. The summed E-state index contributed by atoms with van der Waals surface area (Å²) in [6, 6.07) is 3.89. The van der Waals surface area contributed by atoms with Gasteiger partial charge in [0, 0.05) is 22.1 Å². The van der Waals surface area contributed by atoms with Crippen LogP contribution in [-0.2, 0) is 10.5 Å². The maximum atomic E-state index is 10.9. The van der Waals surface area contributed by atoms with E-state index in [0.29, 0.717) is 22.1 Å². The lowest BCUT2D eigenvalue weighted by Gasteiger charge is -2.08. The maximum absolute atomic E-state index is 10.9. The number of thioether (sulfide) groups is 1. The fraction of sp³-hybridized carbons (Fsp3) is 0.273. The lowest BCUT2D eigenvalue weighted by molar-refractivity contribution is -0.137. The molecule has 0 aliphatic heterocycles. The molecule has 98 valence electrons. The van der Waals surface area contributed by atoms with E-state index < -0.39 is 17.9 Å². The summed E-state index contributed by atoms with van der Waals surface area (Å²) in [4.78, 5) is 21.4. The topological polar surface area (TPSA) is 106 Å². The van der Waals surface area contributed by atoms with Gasteiger partial charge in [0.1, 0.15) is 6.04 Å². The number of rotatable bonds is 6. The number of halogens is 1. The third kappa shape index (κ3) is 4.21. The lowest BCUT2D eigenvalue weighted by Crippen LogP contribution is -2.32. The van der Waals surface area contributed by atoms with Crippen molar-refractivity contribution in [1.29, 1.82) is 0 Å². The Hall–Kier alpha value is -1.24. The number of aliphatic carboxylic acids is 1. The molecule has 1 rings (SSSR count). The Kier molecular flexibility index (Phi) is 5.46. The highest BCUT2D eigenvalue weighted by atomic mass is 35.5. The number of carbonyl (C=O) groups excluding carboxylic acids is 1. The Morgan fingerprint density at radius 3 is 2.61 bits per heavy atom. The molecule has 0 bridgehead atoms. The highest BCUT2D eigenvalue weighted by molar-refractivity contribution is 7.98. The molecular formula is C11H13ClN2O3S. The second-order valence-corrected chi connectivity index (χ2v) is 5.07. The van der Waals surface area contributed by atoms with Crippen LogP contribution < -0.4 is 11.5 Å². The first kappa shape index (κ1) is 14.8. The Labute approximate surface area is 113 Å². The molecule has 1 aromatic carbocycles. The summed E-state index contributed by atoms with van der Waals surface area (Å²) < 4.78 is 0. The van der Waals surface area contributed by atoms with Crippen molar-refractivity contribution in [1.82, 2.24) is 0 Å². The lowest BCUT2D eigenvalue weighted by atomic mass is 10.1. The summed E-state index contributed by atoms with van der Waals surface area (Å²) in [5, 5.41) is 9.05. The summed E-state index contributed by atoms with van der Waals surface area (Å²) >= 11 is 7.35. The summed E-state index contributed by atoms with van der Waals surface area (Å²) in [6.07, 6.45) is 0. The number of hydrogen-bond donors (Lipinski definition) is 3. The number of amides is 1. The van der Waals surface area contributed by atoms with Crippen molar-refractivity contribution in [2.75, 3.05) is 5.75 Å². The summed E-state index contributed by atoms with van der Waals surface area (Å²) in [6.45, 7) is 0. The van der Waals surface area contributed by atoms with Crippen molar-refractivity contribution in [3.63, 3.8) is 0 Å². The molecule has 5 nitrogen and oxygen atoms in total. The van der Waals surface area contributed by atoms with Gasteiger partial charge < -0.3 is 16.6 Å². The Morgan fingerprint density at radius 1 is 1.44 bits per heavy atom. The van der Waals surface area contributed by atoms with Gasteiger partial charge in [-0.2, -0.15) is 11.8 Å². The maximum Gasteiger partial charge on any atom is 0.321 e. The predicted molar refractivity (Wildman–Crippen MR) is 71.7 cm³/mol. The zero-order valence-electron chi connectivity index (χ0n) is 9.43. The molecule has 7 heteroatoms. The SMILES string of the molecule is NC(=O)c1ccc(CSC[C@@H](N)C(=O)O)c(Cl)c1. The van der Waals surface area contributed by atoms with Gasteiger partial charge in [0.2, 0.25) is 5.91 Å². The molecule has 5 N–H and O–H groups in total. The number of carboxylic acid groups (broad SMARTS) is 1. The van der Waals surface area contributed by atoms with Gasteiger partial charge in [-0.05, 0) is 17.7 Å². The van der Waals surface area contributed by atoms with Gasteiger partial charge in [-0.1, -0.05) is 17.7 Å². The molecule has 0 unspecified atom stereocenters. The minimum absolute atomic E-state index is 0.295. The number of hydrogen-bond acceptors (Lipinski definition) is 4. The average Bonchev–Trinajstić information content (AvgIpc) is 2.30. The molecule has 0 saturated carbocycles. The Balaban J connectivity index is 2.58. The van der Waals surface area contributed by atoms with E-state index >= 15 is 0 Å². The van der Waals surface area contributed by atoms with Crippen LogP contribution in [0.25, 0.3) is 0 Å². The van der Waals surface area contributed by atoms with E-state index in [1.54, 1.807) is 12.1 Å². The molecule has 18 heavy (non-hydrogen) atoms. The minimum Gasteiger partial charge on any atom is -0.480 e. The first-order valence-corrected chi connectivity index (χ1v) is 6.59. The van der Waals surface area contributed by atoms with Crippen LogP contribution >= 0.6 is 23.4 Å². The highest BCUT2D eigenvalue weighted by Gasteiger charge is 2.12. The van der Waals surface area contributed by atoms with Crippen molar-refractivity contribution in [3.8, 4) is 0 Å². The van der Waals surface area contributed by atoms with Crippen LogP contribution in [0.1, 0.15) is 15.9 Å². The number of carbonyl (C=O) groups is 2. The molecule has 0 aromatic heterocycles. The fourth-order valence-electron chi connectivity index (χ4n) is 1.18. The quantitative estimate of drug-likeness (QED) is 0.726. The second-order valence-electron chi connectivity index (χ2n) is 3.63. The molecular weight excluding hydrogens is 276 g/mol. The van der Waals surface area contributed by atoms with Gasteiger partial charge in [-0.15, -0.1) is 0 Å². The standard InChI is InChI=1S/C11H13ClN2O3S/c12-8-3-6(10(14)15)1-2-7(8)4-18-5-9(13)11(16)17/h1-3,9H,4-5,13H2,(H2,14,15)(H,16,17)/t9-/m1/s1. The molecule has 0 saturated heterocycles. The van der Waals surface area contributed by atoms with Gasteiger partial charge >= 0.3 is 5.97 Å². The number of carboxylic acids is 1. The molecule has 0 fully saturated rings. The molecule has 0 radical (unpaired) electrons. The van der Waals surface area contributed by atoms with E-state index in [1.165, 1.54) is 17.8 Å². The molecule has 0 aliphatic rings. The fourth-order valence-corrected chi connectivity index (χ4v) is 2.50. The van der Waals surface area contributed by atoms with Gasteiger partial charge in [0.15, 0.2) is 0 Å². The summed E-state index contributed by atoms with van der Waals surface area (Å²) in [7, 11) is 0. The van der Waals surface area contributed by atoms with Crippen LogP contribution in [0.4, 0.5) is 0 Å². The van der Waals surface area contributed by atoms with Crippen molar-refractivity contribution >= 4 is 35.2 Å². The van der Waals surface area contributed by atoms with Crippen LogP contribution in [0.15, 0.2) is 18.2 Å². The largest absolute Gasteiger partial charge is 0.480 e. The van der Waals surface area contributed by atoms with Crippen molar-refractivity contribution in [2.45, 2.75) is 11.8 Å². The van der Waals surface area contributed by atoms with Gasteiger partial charge in [0.25, 0.3) is 0 Å². The monoisotopic (exact) mass is 288 g/mol. The molecule has 0 aliphatic carbocycles. The summed E-state index contributed by atoms with van der Waals surface area (Å²) in [5.74, 6) is -0.746.